The Hall–Kier alpha value is -0.730. The Morgan fingerprint density at radius 2 is 2.38 bits per heavy atom. The molecule has 1 aliphatic heterocycles. The second-order valence-corrected chi connectivity index (χ2v) is 3.83. The molecule has 0 saturated carbocycles. The van der Waals surface area contributed by atoms with Crippen molar-refractivity contribution in [2.75, 3.05) is 18.0 Å². The summed E-state index contributed by atoms with van der Waals surface area (Å²) in [5, 5.41) is 0.833. The van der Waals surface area contributed by atoms with Gasteiger partial charge in [0.1, 0.15) is 0 Å². The Morgan fingerprint density at radius 1 is 1.62 bits per heavy atom. The van der Waals surface area contributed by atoms with Crippen molar-refractivity contribution in [1.29, 1.82) is 0 Å². The molecule has 2 nitrogen and oxygen atoms in total. The molecule has 2 N–H and O–H groups in total. The highest BCUT2D eigenvalue weighted by molar-refractivity contribution is 6.31. The van der Waals surface area contributed by atoms with E-state index in [9.17, 15) is 0 Å². The Bertz CT molecular complexity index is 325. The van der Waals surface area contributed by atoms with Gasteiger partial charge in [-0.2, -0.15) is 0 Å². The fraction of sp³-hybridized carbons (Fsp3) is 0.400. The molecule has 1 aromatic carbocycles. The van der Waals surface area contributed by atoms with Gasteiger partial charge in [0, 0.05) is 23.8 Å². The van der Waals surface area contributed by atoms with Crippen molar-refractivity contribution in [3.05, 3.63) is 28.8 Å². The van der Waals surface area contributed by atoms with Gasteiger partial charge in [-0.25, -0.2) is 0 Å². The first kappa shape index (κ1) is 8.85. The van der Waals surface area contributed by atoms with E-state index in [1.807, 2.05) is 19.1 Å². The summed E-state index contributed by atoms with van der Waals surface area (Å²) in [6.45, 7) is 3.84. The third-order valence-corrected chi connectivity index (χ3v) is 2.94. The number of rotatable bonds is 2. The molecule has 1 heterocycles. The van der Waals surface area contributed by atoms with Gasteiger partial charge in [0.15, 0.2) is 0 Å². The summed E-state index contributed by atoms with van der Waals surface area (Å²) in [6.07, 6.45) is 0. The van der Waals surface area contributed by atoms with Gasteiger partial charge in [-0.05, 0) is 24.6 Å². The number of nitrogens with zero attached hydrogens (tertiary/aromatic N) is 1. The molecule has 1 atom stereocenters. The van der Waals surface area contributed by atoms with Crippen LogP contribution >= 0.6 is 11.6 Å². The van der Waals surface area contributed by atoms with Crippen LogP contribution in [-0.2, 0) is 0 Å². The van der Waals surface area contributed by atoms with Crippen LogP contribution < -0.4 is 10.6 Å². The van der Waals surface area contributed by atoms with Gasteiger partial charge in [-0.15, -0.1) is 0 Å². The first-order valence-electron chi connectivity index (χ1n) is 4.46. The fourth-order valence-corrected chi connectivity index (χ4v) is 1.75. The average molecular weight is 197 g/mol. The van der Waals surface area contributed by atoms with Crippen LogP contribution in [-0.4, -0.2) is 19.1 Å². The van der Waals surface area contributed by atoms with Crippen LogP contribution in [0, 0.1) is 6.92 Å². The second-order valence-electron chi connectivity index (χ2n) is 3.43. The lowest BCUT2D eigenvalue weighted by Crippen LogP contribution is -2.12. The molecule has 2 rings (SSSR count). The van der Waals surface area contributed by atoms with Crippen LogP contribution in [0.1, 0.15) is 5.56 Å². The van der Waals surface area contributed by atoms with Crippen LogP contribution in [0.15, 0.2) is 18.2 Å². The predicted octanol–water partition coefficient (Wildman–Crippen LogP) is 1.80. The minimum Gasteiger partial charge on any atom is -0.363 e. The molecule has 13 heavy (non-hydrogen) atoms. The molecule has 0 aromatic heterocycles. The third kappa shape index (κ3) is 1.52. The highest BCUT2D eigenvalue weighted by atomic mass is 35.5. The van der Waals surface area contributed by atoms with E-state index in [2.05, 4.69) is 11.0 Å². The topological polar surface area (TPSA) is 29.0 Å². The van der Waals surface area contributed by atoms with Crippen molar-refractivity contribution in [1.82, 2.24) is 0 Å². The van der Waals surface area contributed by atoms with Crippen LogP contribution in [0.4, 0.5) is 5.69 Å². The SMILES string of the molecule is Cc1c(Cl)cccc1N1CC1CN. The Labute approximate surface area is 83.3 Å². The zero-order chi connectivity index (χ0) is 9.42. The number of anilines is 1. The molecule has 0 spiro atoms. The van der Waals surface area contributed by atoms with Gasteiger partial charge < -0.3 is 10.6 Å². The quantitative estimate of drug-likeness (QED) is 0.731. The summed E-state index contributed by atoms with van der Waals surface area (Å²) in [4.78, 5) is 2.28. The molecule has 1 saturated heterocycles. The molecule has 1 fully saturated rings. The van der Waals surface area contributed by atoms with Crippen LogP contribution in [0.5, 0.6) is 0 Å². The van der Waals surface area contributed by atoms with E-state index in [0.717, 1.165) is 23.7 Å². The zero-order valence-electron chi connectivity index (χ0n) is 7.63. The van der Waals surface area contributed by atoms with E-state index < -0.39 is 0 Å². The maximum Gasteiger partial charge on any atom is 0.0588 e. The van der Waals surface area contributed by atoms with E-state index in [1.165, 1.54) is 5.69 Å². The summed E-state index contributed by atoms with van der Waals surface area (Å²) < 4.78 is 0. The lowest BCUT2D eigenvalue weighted by Gasteiger charge is -2.09. The zero-order valence-corrected chi connectivity index (χ0v) is 8.38. The Balaban J connectivity index is 2.27. The number of hydrogen-bond donors (Lipinski definition) is 1. The standard InChI is InChI=1S/C10H13ClN2/c1-7-9(11)3-2-4-10(7)13-6-8(13)5-12/h2-4,8H,5-6,12H2,1H3. The van der Waals surface area contributed by atoms with Crippen molar-refractivity contribution in [3.63, 3.8) is 0 Å². The monoisotopic (exact) mass is 196 g/mol. The summed E-state index contributed by atoms with van der Waals surface area (Å²) >= 11 is 6.02. The van der Waals surface area contributed by atoms with Crippen LogP contribution in [0.3, 0.4) is 0 Å². The summed E-state index contributed by atoms with van der Waals surface area (Å²) in [5.74, 6) is 0. The van der Waals surface area contributed by atoms with Gasteiger partial charge >= 0.3 is 0 Å². The van der Waals surface area contributed by atoms with E-state index >= 15 is 0 Å². The maximum absolute atomic E-state index is 6.02. The molecular weight excluding hydrogens is 184 g/mol. The van der Waals surface area contributed by atoms with E-state index in [0.29, 0.717) is 6.04 Å². The second kappa shape index (κ2) is 3.20. The van der Waals surface area contributed by atoms with Gasteiger partial charge in [0.05, 0.1) is 6.04 Å². The smallest absolute Gasteiger partial charge is 0.0588 e. The minimum absolute atomic E-state index is 0.525. The molecule has 1 aromatic rings. The van der Waals surface area contributed by atoms with Gasteiger partial charge in [-0.3, -0.25) is 0 Å². The molecule has 0 bridgehead atoms. The van der Waals surface area contributed by atoms with E-state index in [4.69, 9.17) is 17.3 Å². The molecule has 3 heteroatoms. The molecule has 0 aliphatic carbocycles. The molecular formula is C10H13ClN2. The number of benzene rings is 1. The summed E-state index contributed by atoms with van der Waals surface area (Å²) in [6, 6.07) is 6.52. The summed E-state index contributed by atoms with van der Waals surface area (Å²) in [7, 11) is 0. The number of hydrogen-bond acceptors (Lipinski definition) is 2. The van der Waals surface area contributed by atoms with Gasteiger partial charge in [0.25, 0.3) is 0 Å². The van der Waals surface area contributed by atoms with Crippen LogP contribution in [0.25, 0.3) is 0 Å². The molecule has 0 radical (unpaired) electrons. The van der Waals surface area contributed by atoms with E-state index in [-0.39, 0.29) is 0 Å². The lowest BCUT2D eigenvalue weighted by atomic mass is 10.2. The molecule has 1 unspecified atom stereocenters. The average Bonchev–Trinajstić information content (AvgIpc) is 2.89. The van der Waals surface area contributed by atoms with Crippen molar-refractivity contribution < 1.29 is 0 Å². The lowest BCUT2D eigenvalue weighted by molar-refractivity contribution is 0.965. The maximum atomic E-state index is 6.02. The largest absolute Gasteiger partial charge is 0.363 e. The Morgan fingerprint density at radius 3 is 3.00 bits per heavy atom. The van der Waals surface area contributed by atoms with Gasteiger partial charge in [-0.1, -0.05) is 17.7 Å². The Kier molecular flexibility index (Phi) is 2.18. The third-order valence-electron chi connectivity index (χ3n) is 2.54. The molecule has 1 aliphatic rings. The first-order chi connectivity index (χ1) is 6.24. The van der Waals surface area contributed by atoms with E-state index in [1.54, 1.807) is 0 Å². The number of nitrogens with two attached hydrogens (primary N) is 1. The fourth-order valence-electron chi connectivity index (χ4n) is 1.58. The molecule has 70 valence electrons. The van der Waals surface area contributed by atoms with Crippen LogP contribution in [0.2, 0.25) is 5.02 Å². The number of halogens is 1. The normalized spacial score (nSPS) is 20.5. The highest BCUT2D eigenvalue weighted by Crippen LogP contribution is 2.33. The predicted molar refractivity (Wildman–Crippen MR) is 56.4 cm³/mol. The van der Waals surface area contributed by atoms with Crippen molar-refractivity contribution in [3.8, 4) is 0 Å². The minimum atomic E-state index is 0.525. The van der Waals surface area contributed by atoms with Crippen molar-refractivity contribution >= 4 is 17.3 Å². The van der Waals surface area contributed by atoms with Crippen molar-refractivity contribution in [2.24, 2.45) is 5.73 Å². The highest BCUT2D eigenvalue weighted by Gasteiger charge is 2.33. The van der Waals surface area contributed by atoms with Crippen molar-refractivity contribution in [2.45, 2.75) is 13.0 Å². The first-order valence-corrected chi connectivity index (χ1v) is 4.83. The van der Waals surface area contributed by atoms with Gasteiger partial charge in [0.2, 0.25) is 0 Å². The molecule has 0 amide bonds. The summed E-state index contributed by atoms with van der Waals surface area (Å²) in [5.41, 5.74) is 7.95.